The Labute approximate surface area is 162 Å². The van der Waals surface area contributed by atoms with Gasteiger partial charge in [0.15, 0.2) is 17.4 Å². The van der Waals surface area contributed by atoms with Gasteiger partial charge < -0.3 is 0 Å². The molecule has 1 atom stereocenters. The molecule has 2 N–H and O–H groups in total. The molecule has 0 spiro atoms. The van der Waals surface area contributed by atoms with Gasteiger partial charge in [-0.3, -0.25) is 14.3 Å². The van der Waals surface area contributed by atoms with E-state index < -0.39 is 28.7 Å². The van der Waals surface area contributed by atoms with Crippen molar-refractivity contribution in [2.24, 2.45) is 0 Å². The molecule has 0 radical (unpaired) electrons. The predicted molar refractivity (Wildman–Crippen MR) is 101 cm³/mol. The molecule has 146 valence electrons. The maximum Gasteiger partial charge on any atom is 0.231 e. The highest BCUT2D eigenvalue weighted by Gasteiger charge is 2.19. The van der Waals surface area contributed by atoms with Gasteiger partial charge in [0.1, 0.15) is 0 Å². The first-order chi connectivity index (χ1) is 13.3. The molecule has 0 saturated heterocycles. The van der Waals surface area contributed by atoms with Gasteiger partial charge in [0.25, 0.3) is 0 Å². The van der Waals surface area contributed by atoms with E-state index in [-0.39, 0.29) is 17.7 Å². The predicted octanol–water partition coefficient (Wildman–Crippen LogP) is 3.11. The first-order valence-corrected chi connectivity index (χ1v) is 9.56. The van der Waals surface area contributed by atoms with Gasteiger partial charge in [0, 0.05) is 18.3 Å². The van der Waals surface area contributed by atoms with Crippen LogP contribution in [-0.2, 0) is 17.7 Å². The maximum atomic E-state index is 14.3. The molecule has 0 fully saturated rings. The average Bonchev–Trinajstić information content (AvgIpc) is 2.66. The lowest BCUT2D eigenvalue weighted by atomic mass is 9.98. The van der Waals surface area contributed by atoms with Crippen molar-refractivity contribution < 1.29 is 22.3 Å². The quantitative estimate of drug-likeness (QED) is 0.358. The molecule has 1 unspecified atom stereocenters. The number of hydrogen-bond acceptors (Lipinski definition) is 4. The molecule has 0 saturated carbocycles. The summed E-state index contributed by atoms with van der Waals surface area (Å²) < 4.78 is 49.8. The number of nitrogens with one attached hydrogen (secondary N) is 1. The van der Waals surface area contributed by atoms with Crippen molar-refractivity contribution in [2.75, 3.05) is 6.54 Å². The molecule has 1 aromatic heterocycles. The van der Waals surface area contributed by atoms with E-state index in [4.69, 9.17) is 4.55 Å². The summed E-state index contributed by atoms with van der Waals surface area (Å²) >= 11 is -2.13. The van der Waals surface area contributed by atoms with Crippen molar-refractivity contribution >= 4 is 28.1 Å². The topological polar surface area (TPSA) is 92.2 Å². The molecule has 9 heteroatoms. The van der Waals surface area contributed by atoms with Crippen LogP contribution in [0.25, 0.3) is 11.0 Å². The number of carbonyl (C=O) groups is 1. The molecule has 2 aromatic carbocycles. The Morgan fingerprint density at radius 1 is 1.21 bits per heavy atom. The number of benzene rings is 2. The number of hydrogen-bond donors (Lipinski definition) is 2. The molecule has 0 amide bonds. The monoisotopic (exact) mass is 405 g/mol. The third-order valence-corrected chi connectivity index (χ3v) is 4.58. The Balaban J connectivity index is 1.89. The Hall–Kier alpha value is -2.62. The number of aromatic nitrogens is 2. The van der Waals surface area contributed by atoms with E-state index in [1.165, 1.54) is 18.2 Å². The lowest BCUT2D eigenvalue weighted by Crippen LogP contribution is -2.18. The third kappa shape index (κ3) is 4.61. The van der Waals surface area contributed by atoms with Crippen molar-refractivity contribution in [2.45, 2.75) is 19.8 Å². The molecular formula is C19H17F2N3O3S. The van der Waals surface area contributed by atoms with Crippen LogP contribution in [0, 0.1) is 18.6 Å². The number of carbonyl (C=O) groups excluding carboxylic acids is 1. The van der Waals surface area contributed by atoms with Crippen LogP contribution in [0.3, 0.4) is 0 Å². The van der Waals surface area contributed by atoms with Gasteiger partial charge in [-0.15, -0.1) is 0 Å². The Kier molecular flexibility index (Phi) is 6.18. The molecule has 1 heterocycles. The fourth-order valence-corrected chi connectivity index (χ4v) is 3.13. The smallest absolute Gasteiger partial charge is 0.231 e. The Morgan fingerprint density at radius 3 is 2.75 bits per heavy atom. The lowest BCUT2D eigenvalue weighted by Gasteiger charge is -2.09. The molecule has 3 aromatic rings. The molecular weight excluding hydrogens is 388 g/mol. The van der Waals surface area contributed by atoms with E-state index in [1.54, 1.807) is 19.2 Å². The van der Waals surface area contributed by atoms with E-state index in [1.807, 2.05) is 0 Å². The number of nitrogens with zero attached hydrogens (tertiary/aromatic N) is 2. The summed E-state index contributed by atoms with van der Waals surface area (Å²) in [5.74, 6) is -2.98. The van der Waals surface area contributed by atoms with Crippen LogP contribution < -0.4 is 4.72 Å². The summed E-state index contributed by atoms with van der Waals surface area (Å²) in [5.41, 5.74) is 1.99. The van der Waals surface area contributed by atoms with Gasteiger partial charge in [0.2, 0.25) is 11.3 Å². The van der Waals surface area contributed by atoms with E-state index >= 15 is 0 Å². The normalized spacial score (nSPS) is 12.3. The minimum Gasteiger partial charge on any atom is -0.294 e. The molecule has 0 aliphatic heterocycles. The van der Waals surface area contributed by atoms with Crippen molar-refractivity contribution in [1.29, 1.82) is 0 Å². The number of ketones is 1. The highest BCUT2D eigenvalue weighted by Crippen LogP contribution is 2.21. The van der Waals surface area contributed by atoms with E-state index in [0.717, 1.165) is 6.07 Å². The zero-order valence-electron chi connectivity index (χ0n) is 14.9. The number of rotatable bonds is 7. The van der Waals surface area contributed by atoms with E-state index in [2.05, 4.69) is 14.7 Å². The molecule has 3 rings (SSSR count). The van der Waals surface area contributed by atoms with Gasteiger partial charge in [-0.2, -0.15) is 0 Å². The first kappa shape index (κ1) is 20.1. The molecule has 0 aliphatic carbocycles. The molecule has 0 bridgehead atoms. The first-order valence-electron chi connectivity index (χ1n) is 8.45. The number of aryl methyl sites for hydroxylation is 2. The van der Waals surface area contributed by atoms with Crippen LogP contribution in [0.1, 0.15) is 33.6 Å². The second kappa shape index (κ2) is 8.59. The standard InChI is InChI=1S/C19H17F2N3O3S/c1-11-10-22-16-5-4-13(9-17(16)24-11)19(25)14-7-12(8-15(20)18(14)21)3-2-6-23-28(26)27/h4-5,7-10,23H,2-3,6H2,1H3,(H,26,27). The highest BCUT2D eigenvalue weighted by molar-refractivity contribution is 7.77. The molecule has 6 nitrogen and oxygen atoms in total. The zero-order chi connectivity index (χ0) is 20.3. The van der Waals surface area contributed by atoms with Crippen molar-refractivity contribution in [1.82, 2.24) is 14.7 Å². The number of halogens is 2. The largest absolute Gasteiger partial charge is 0.294 e. The summed E-state index contributed by atoms with van der Waals surface area (Å²) in [4.78, 5) is 21.3. The van der Waals surface area contributed by atoms with Crippen molar-refractivity contribution in [3.05, 3.63) is 70.5 Å². The SMILES string of the molecule is Cc1cnc2ccc(C(=O)c3cc(CCCNS(=O)O)cc(F)c3F)cc2n1. The van der Waals surface area contributed by atoms with Crippen LogP contribution in [0.15, 0.2) is 36.5 Å². The summed E-state index contributed by atoms with van der Waals surface area (Å²) in [6.07, 6.45) is 2.32. The molecule has 0 aliphatic rings. The van der Waals surface area contributed by atoms with Crippen LogP contribution in [0.5, 0.6) is 0 Å². The number of fused-ring (bicyclic) bond motifs is 1. The third-order valence-electron chi connectivity index (χ3n) is 4.13. The summed E-state index contributed by atoms with van der Waals surface area (Å²) in [5, 5.41) is 0. The summed E-state index contributed by atoms with van der Waals surface area (Å²) in [7, 11) is 0. The van der Waals surface area contributed by atoms with Gasteiger partial charge in [-0.1, -0.05) is 0 Å². The van der Waals surface area contributed by atoms with Crippen LogP contribution in [0.4, 0.5) is 8.78 Å². The fourth-order valence-electron chi connectivity index (χ4n) is 2.81. The van der Waals surface area contributed by atoms with Gasteiger partial charge in [0.05, 0.1) is 22.3 Å². The van der Waals surface area contributed by atoms with Crippen LogP contribution in [-0.4, -0.2) is 31.1 Å². The van der Waals surface area contributed by atoms with E-state index in [0.29, 0.717) is 35.1 Å². The van der Waals surface area contributed by atoms with Gasteiger partial charge >= 0.3 is 0 Å². The fraction of sp³-hybridized carbons (Fsp3) is 0.211. The zero-order valence-corrected chi connectivity index (χ0v) is 15.7. The Morgan fingerprint density at radius 2 is 2.00 bits per heavy atom. The summed E-state index contributed by atoms with van der Waals surface area (Å²) in [6, 6.07) is 6.94. The second-order valence-corrected chi connectivity index (χ2v) is 7.02. The van der Waals surface area contributed by atoms with E-state index in [9.17, 15) is 17.8 Å². The van der Waals surface area contributed by atoms with Crippen molar-refractivity contribution in [3.63, 3.8) is 0 Å². The lowest BCUT2D eigenvalue weighted by molar-refractivity contribution is 0.103. The molecule has 28 heavy (non-hydrogen) atoms. The Bertz CT molecular complexity index is 1080. The van der Waals surface area contributed by atoms with Gasteiger partial charge in [-0.05, 0) is 55.7 Å². The second-order valence-electron chi connectivity index (χ2n) is 6.23. The van der Waals surface area contributed by atoms with Crippen molar-refractivity contribution in [3.8, 4) is 0 Å². The van der Waals surface area contributed by atoms with Gasteiger partial charge in [-0.25, -0.2) is 22.7 Å². The maximum absolute atomic E-state index is 14.3. The minimum atomic E-state index is -2.13. The van der Waals surface area contributed by atoms with Crippen LogP contribution in [0.2, 0.25) is 0 Å². The van der Waals surface area contributed by atoms with Crippen LogP contribution >= 0.6 is 0 Å². The summed E-state index contributed by atoms with van der Waals surface area (Å²) in [6.45, 7) is 1.98. The average molecular weight is 405 g/mol. The highest BCUT2D eigenvalue weighted by atomic mass is 32.2. The minimum absolute atomic E-state index is 0.181.